The van der Waals surface area contributed by atoms with Gasteiger partial charge in [0.05, 0.1) is 5.92 Å². The minimum atomic E-state index is -0.736. The second-order valence-electron chi connectivity index (χ2n) is 4.53. The van der Waals surface area contributed by atoms with Crippen LogP contribution in [0.25, 0.3) is 0 Å². The largest absolute Gasteiger partial charge is 0.481 e. The molecule has 0 saturated heterocycles. The van der Waals surface area contributed by atoms with Crippen molar-refractivity contribution in [3.63, 3.8) is 0 Å². The predicted molar refractivity (Wildman–Crippen MR) is 56.9 cm³/mol. The lowest BCUT2D eigenvalue weighted by atomic mass is 10.1. The summed E-state index contributed by atoms with van der Waals surface area (Å²) in [4.78, 5) is 15.0. The molecule has 0 spiro atoms. The lowest BCUT2D eigenvalue weighted by Crippen LogP contribution is -2.03. The molecule has 1 fully saturated rings. The predicted octanol–water partition coefficient (Wildman–Crippen LogP) is 2.56. The SMILES string of the molecule is CC1(C)[C@H](C(=O)O)[C@H]1c1ccc(Cl)nc1. The maximum absolute atomic E-state index is 11.0. The van der Waals surface area contributed by atoms with E-state index < -0.39 is 5.97 Å². The van der Waals surface area contributed by atoms with Crippen molar-refractivity contribution in [1.82, 2.24) is 4.98 Å². The molecule has 1 aromatic heterocycles. The fraction of sp³-hybridized carbons (Fsp3) is 0.455. The maximum Gasteiger partial charge on any atom is 0.307 e. The molecule has 1 aromatic rings. The molecule has 3 nitrogen and oxygen atoms in total. The summed E-state index contributed by atoms with van der Waals surface area (Å²) < 4.78 is 0. The molecule has 0 aliphatic heterocycles. The smallest absolute Gasteiger partial charge is 0.307 e. The van der Waals surface area contributed by atoms with Crippen LogP contribution in [0.15, 0.2) is 18.3 Å². The molecule has 4 heteroatoms. The molecule has 0 bridgehead atoms. The first-order valence-electron chi connectivity index (χ1n) is 4.79. The molecular formula is C11H12ClNO2. The third kappa shape index (κ3) is 1.61. The van der Waals surface area contributed by atoms with Gasteiger partial charge in [-0.3, -0.25) is 4.79 Å². The van der Waals surface area contributed by atoms with Gasteiger partial charge in [-0.2, -0.15) is 0 Å². The van der Waals surface area contributed by atoms with E-state index in [-0.39, 0.29) is 17.3 Å². The van der Waals surface area contributed by atoms with Crippen molar-refractivity contribution in [1.29, 1.82) is 0 Å². The standard InChI is InChI=1S/C11H12ClNO2/c1-11(2)8(9(11)10(14)15)6-3-4-7(12)13-5-6/h3-5,8-9H,1-2H3,(H,14,15)/t8-,9+/m1/s1. The van der Waals surface area contributed by atoms with Crippen molar-refractivity contribution in [2.24, 2.45) is 11.3 Å². The van der Waals surface area contributed by atoms with Crippen LogP contribution in [0.4, 0.5) is 0 Å². The fourth-order valence-electron chi connectivity index (χ4n) is 2.29. The van der Waals surface area contributed by atoms with E-state index in [2.05, 4.69) is 4.98 Å². The van der Waals surface area contributed by atoms with E-state index in [0.717, 1.165) is 5.56 Å². The Balaban J connectivity index is 2.27. The average Bonchev–Trinajstić information content (AvgIpc) is 2.70. The van der Waals surface area contributed by atoms with Crippen molar-refractivity contribution in [3.8, 4) is 0 Å². The van der Waals surface area contributed by atoms with Gasteiger partial charge in [0.15, 0.2) is 0 Å². The summed E-state index contributed by atoms with van der Waals surface area (Å²) >= 11 is 5.68. The highest BCUT2D eigenvalue weighted by Crippen LogP contribution is 2.64. The lowest BCUT2D eigenvalue weighted by molar-refractivity contribution is -0.139. The number of aromatic nitrogens is 1. The number of carbonyl (C=O) groups is 1. The first kappa shape index (κ1) is 10.4. The zero-order chi connectivity index (χ0) is 11.2. The molecule has 1 heterocycles. The van der Waals surface area contributed by atoms with Gasteiger partial charge >= 0.3 is 5.97 Å². The van der Waals surface area contributed by atoms with Crippen LogP contribution >= 0.6 is 11.6 Å². The number of hydrogen-bond acceptors (Lipinski definition) is 2. The number of nitrogens with zero attached hydrogens (tertiary/aromatic N) is 1. The summed E-state index contributed by atoms with van der Waals surface area (Å²) in [5.74, 6) is -0.986. The van der Waals surface area contributed by atoms with Gasteiger partial charge in [0.2, 0.25) is 0 Å². The van der Waals surface area contributed by atoms with Crippen LogP contribution in [0.5, 0.6) is 0 Å². The Morgan fingerprint density at radius 1 is 1.53 bits per heavy atom. The van der Waals surface area contributed by atoms with E-state index >= 15 is 0 Å². The third-order valence-electron chi connectivity index (χ3n) is 3.20. The van der Waals surface area contributed by atoms with Gasteiger partial charge in [0, 0.05) is 12.1 Å². The third-order valence-corrected chi connectivity index (χ3v) is 3.43. The summed E-state index contributed by atoms with van der Waals surface area (Å²) in [6.07, 6.45) is 1.66. The molecular weight excluding hydrogens is 214 g/mol. The molecule has 15 heavy (non-hydrogen) atoms. The number of rotatable bonds is 2. The second-order valence-corrected chi connectivity index (χ2v) is 4.92. The summed E-state index contributed by atoms with van der Waals surface area (Å²) in [7, 11) is 0. The van der Waals surface area contributed by atoms with Gasteiger partial charge in [-0.25, -0.2) is 4.98 Å². The molecule has 0 amide bonds. The first-order chi connectivity index (χ1) is 6.94. The minimum Gasteiger partial charge on any atom is -0.481 e. The zero-order valence-electron chi connectivity index (χ0n) is 8.57. The van der Waals surface area contributed by atoms with Crippen molar-refractivity contribution >= 4 is 17.6 Å². The average molecular weight is 226 g/mol. The van der Waals surface area contributed by atoms with Gasteiger partial charge in [-0.05, 0) is 17.0 Å². The van der Waals surface area contributed by atoms with Crippen LogP contribution in [0, 0.1) is 11.3 Å². The number of halogens is 1. The van der Waals surface area contributed by atoms with E-state index in [4.69, 9.17) is 16.7 Å². The van der Waals surface area contributed by atoms with Crippen molar-refractivity contribution < 1.29 is 9.90 Å². The summed E-state index contributed by atoms with van der Waals surface area (Å²) in [5.41, 5.74) is 0.776. The van der Waals surface area contributed by atoms with Gasteiger partial charge in [0.25, 0.3) is 0 Å². The molecule has 0 radical (unpaired) electrons. The molecule has 1 N–H and O–H groups in total. The van der Waals surface area contributed by atoms with E-state index in [9.17, 15) is 4.79 Å². The normalized spacial score (nSPS) is 27.4. The molecule has 2 rings (SSSR count). The molecule has 0 aromatic carbocycles. The van der Waals surface area contributed by atoms with E-state index in [1.165, 1.54) is 0 Å². The van der Waals surface area contributed by atoms with E-state index in [0.29, 0.717) is 5.15 Å². The van der Waals surface area contributed by atoms with Gasteiger partial charge in [-0.15, -0.1) is 0 Å². The Morgan fingerprint density at radius 3 is 2.60 bits per heavy atom. The molecule has 1 aliphatic carbocycles. The number of aliphatic carboxylic acids is 1. The van der Waals surface area contributed by atoms with E-state index in [1.807, 2.05) is 19.9 Å². The molecule has 1 aliphatic rings. The Bertz CT molecular complexity index is 400. The molecule has 1 saturated carbocycles. The van der Waals surface area contributed by atoms with Crippen molar-refractivity contribution in [3.05, 3.63) is 29.0 Å². The summed E-state index contributed by atoms with van der Waals surface area (Å²) in [6, 6.07) is 3.55. The topological polar surface area (TPSA) is 50.2 Å². The Morgan fingerprint density at radius 2 is 2.20 bits per heavy atom. The van der Waals surface area contributed by atoms with Crippen LogP contribution in [-0.2, 0) is 4.79 Å². The van der Waals surface area contributed by atoms with Crippen LogP contribution < -0.4 is 0 Å². The minimum absolute atomic E-state index is 0.0553. The van der Waals surface area contributed by atoms with Gasteiger partial charge in [-0.1, -0.05) is 31.5 Å². The Kier molecular flexibility index (Phi) is 2.23. The summed E-state index contributed by atoms with van der Waals surface area (Å²) in [5, 5.41) is 9.46. The lowest BCUT2D eigenvalue weighted by Gasteiger charge is -2.01. The second kappa shape index (κ2) is 3.20. The van der Waals surface area contributed by atoms with Gasteiger partial charge < -0.3 is 5.11 Å². The van der Waals surface area contributed by atoms with Crippen LogP contribution in [0.3, 0.4) is 0 Å². The van der Waals surface area contributed by atoms with Crippen LogP contribution in [-0.4, -0.2) is 16.1 Å². The van der Waals surface area contributed by atoms with Crippen molar-refractivity contribution in [2.45, 2.75) is 19.8 Å². The van der Waals surface area contributed by atoms with Crippen LogP contribution in [0.2, 0.25) is 5.15 Å². The highest BCUT2D eigenvalue weighted by Gasteiger charge is 2.62. The monoisotopic (exact) mass is 225 g/mol. The first-order valence-corrected chi connectivity index (χ1v) is 5.16. The fourth-order valence-corrected chi connectivity index (χ4v) is 2.40. The summed E-state index contributed by atoms with van der Waals surface area (Å²) in [6.45, 7) is 3.93. The Labute approximate surface area is 93.1 Å². The molecule has 0 unspecified atom stereocenters. The molecule has 2 atom stereocenters. The number of pyridine rings is 1. The quantitative estimate of drug-likeness (QED) is 0.787. The molecule has 80 valence electrons. The highest BCUT2D eigenvalue weighted by atomic mass is 35.5. The van der Waals surface area contributed by atoms with E-state index in [1.54, 1.807) is 12.3 Å². The zero-order valence-corrected chi connectivity index (χ0v) is 9.32. The Hall–Kier alpha value is -1.09. The number of carboxylic acids is 1. The van der Waals surface area contributed by atoms with Crippen LogP contribution in [0.1, 0.15) is 25.3 Å². The van der Waals surface area contributed by atoms with Crippen molar-refractivity contribution in [2.75, 3.05) is 0 Å². The maximum atomic E-state index is 11.0. The number of hydrogen-bond donors (Lipinski definition) is 1. The van der Waals surface area contributed by atoms with Gasteiger partial charge in [0.1, 0.15) is 5.15 Å². The number of carboxylic acid groups (broad SMARTS) is 1. The highest BCUT2D eigenvalue weighted by molar-refractivity contribution is 6.29.